The molecule has 4 rings (SSSR count). The highest BCUT2D eigenvalue weighted by Gasteiger charge is 2.62. The molecule has 1 saturated heterocycles. The molecule has 2 atom stereocenters. The van der Waals surface area contributed by atoms with Gasteiger partial charge in [-0.1, -0.05) is 28.4 Å². The molecule has 2 aromatic rings. The van der Waals surface area contributed by atoms with Crippen LogP contribution in [0.4, 0.5) is 22.0 Å². The fourth-order valence-electron chi connectivity index (χ4n) is 3.84. The van der Waals surface area contributed by atoms with E-state index in [1.165, 1.54) is 23.3 Å². The van der Waals surface area contributed by atoms with E-state index >= 15 is 4.39 Å². The summed E-state index contributed by atoms with van der Waals surface area (Å²) >= 11 is 10.0. The fraction of sp³-hybridized carbons (Fsp3) is 0.381. The summed E-state index contributed by atoms with van der Waals surface area (Å²) in [5, 5.41) is 2.36. The number of alkyl halides is 4. The lowest BCUT2D eigenvalue weighted by Gasteiger charge is -2.43. The van der Waals surface area contributed by atoms with Gasteiger partial charge in [-0.3, -0.25) is 9.78 Å². The zero-order valence-electron chi connectivity index (χ0n) is 17.8. The number of hydrogen-bond donors (Lipinski definition) is 0. The standard InChI is InChI=1S/C21H16Cl2F5N3O3S/c1-35(33)8-17(32)31-9-19(25,10-31)16-3-2-11(7-29-16)15-6-20(34-30-15,21(26,27)28)12-4-13(22)18(24)14(23)5-12/h2-5,7H,6,8-10H2,1H3. The average Bonchev–Trinajstić information content (AvgIpc) is 3.21. The van der Waals surface area contributed by atoms with Gasteiger partial charge in [-0.15, -0.1) is 0 Å². The van der Waals surface area contributed by atoms with Crippen molar-refractivity contribution in [1.82, 2.24) is 9.88 Å². The molecule has 0 saturated carbocycles. The Morgan fingerprint density at radius 1 is 1.26 bits per heavy atom. The van der Waals surface area contributed by atoms with E-state index < -0.39 is 62.4 Å². The second-order valence-electron chi connectivity index (χ2n) is 8.25. The molecule has 6 nitrogen and oxygen atoms in total. The molecule has 14 heteroatoms. The molecule has 3 heterocycles. The zero-order chi connectivity index (χ0) is 25.8. The normalized spacial score (nSPS) is 22.3. The summed E-state index contributed by atoms with van der Waals surface area (Å²) in [6.45, 7) is -0.550. The number of carbonyl (C=O) groups is 1. The molecule has 2 aliphatic heterocycles. The first-order chi connectivity index (χ1) is 16.3. The minimum atomic E-state index is -4.97. The van der Waals surface area contributed by atoms with Crippen LogP contribution in [0, 0.1) is 5.82 Å². The summed E-state index contributed by atoms with van der Waals surface area (Å²) in [6, 6.07) is 4.19. The van der Waals surface area contributed by atoms with Crippen LogP contribution in [0.15, 0.2) is 35.6 Å². The molecule has 0 N–H and O–H groups in total. The van der Waals surface area contributed by atoms with Gasteiger partial charge in [0.25, 0.3) is 11.5 Å². The largest absolute Gasteiger partial charge is 0.616 e. The molecule has 1 amide bonds. The molecule has 1 fully saturated rings. The minimum Gasteiger partial charge on any atom is -0.616 e. The zero-order valence-corrected chi connectivity index (χ0v) is 20.2. The smallest absolute Gasteiger partial charge is 0.435 e. The number of aromatic nitrogens is 1. The monoisotopic (exact) mass is 555 g/mol. The van der Waals surface area contributed by atoms with Gasteiger partial charge in [-0.2, -0.15) is 13.2 Å². The number of carbonyl (C=O) groups excluding carboxylic acids is 1. The predicted molar refractivity (Wildman–Crippen MR) is 119 cm³/mol. The quantitative estimate of drug-likeness (QED) is 0.309. The van der Waals surface area contributed by atoms with Crippen molar-refractivity contribution < 1.29 is 36.1 Å². The van der Waals surface area contributed by atoms with E-state index in [1.54, 1.807) is 0 Å². The summed E-state index contributed by atoms with van der Waals surface area (Å²) in [6.07, 6.45) is -3.24. The van der Waals surface area contributed by atoms with Crippen molar-refractivity contribution >= 4 is 46.0 Å². The van der Waals surface area contributed by atoms with Crippen LogP contribution in [-0.2, 0) is 32.1 Å². The van der Waals surface area contributed by atoms with E-state index in [2.05, 4.69) is 10.1 Å². The van der Waals surface area contributed by atoms with Crippen LogP contribution in [0.25, 0.3) is 0 Å². The first-order valence-corrected chi connectivity index (χ1v) is 12.4. The van der Waals surface area contributed by atoms with Crippen LogP contribution >= 0.6 is 23.2 Å². The Morgan fingerprint density at radius 3 is 2.40 bits per heavy atom. The SMILES string of the molecule is C[S+]([O-])CC(=O)N1CC(F)(c2ccc(C3=NOC(c4cc(Cl)c(F)c(Cl)c4)(C(F)(F)F)C3)cn2)C1. The lowest BCUT2D eigenvalue weighted by atomic mass is 9.86. The molecule has 0 bridgehead atoms. The maximum absolute atomic E-state index is 15.1. The average molecular weight is 556 g/mol. The van der Waals surface area contributed by atoms with Crippen molar-refractivity contribution in [2.24, 2.45) is 5.16 Å². The summed E-state index contributed by atoms with van der Waals surface area (Å²) in [5.41, 5.74) is -5.41. The van der Waals surface area contributed by atoms with E-state index in [0.29, 0.717) is 0 Å². The molecule has 0 aliphatic carbocycles. The van der Waals surface area contributed by atoms with Gasteiger partial charge in [-0.25, -0.2) is 8.78 Å². The maximum atomic E-state index is 15.1. The van der Waals surface area contributed by atoms with Gasteiger partial charge in [0.05, 0.1) is 47.2 Å². The predicted octanol–water partition coefficient (Wildman–Crippen LogP) is 4.50. The Bertz CT molecular complexity index is 1170. The Hall–Kier alpha value is -2.15. The molecular formula is C21H16Cl2F5N3O3S. The van der Waals surface area contributed by atoms with Gasteiger partial charge in [0.1, 0.15) is 0 Å². The van der Waals surface area contributed by atoms with Crippen LogP contribution in [0.2, 0.25) is 10.0 Å². The van der Waals surface area contributed by atoms with E-state index in [1.807, 2.05) is 0 Å². The first-order valence-electron chi connectivity index (χ1n) is 9.96. The van der Waals surface area contributed by atoms with Crippen molar-refractivity contribution in [2.45, 2.75) is 23.9 Å². The highest BCUT2D eigenvalue weighted by molar-refractivity contribution is 7.91. The molecule has 1 aromatic carbocycles. The molecule has 1 aromatic heterocycles. The topological polar surface area (TPSA) is 77.8 Å². The second-order valence-corrected chi connectivity index (χ2v) is 10.5. The van der Waals surface area contributed by atoms with Crippen LogP contribution in [0.3, 0.4) is 0 Å². The van der Waals surface area contributed by atoms with Crippen molar-refractivity contribution in [1.29, 1.82) is 0 Å². The third kappa shape index (κ3) is 4.68. The first kappa shape index (κ1) is 25.9. The van der Waals surface area contributed by atoms with Gasteiger partial charge in [-0.05, 0) is 35.4 Å². The van der Waals surface area contributed by atoms with Gasteiger partial charge in [0, 0.05) is 17.3 Å². The number of nitrogens with zero attached hydrogens (tertiary/aromatic N) is 3. The number of hydrogen-bond acceptors (Lipinski definition) is 5. The number of rotatable bonds is 5. The molecule has 0 spiro atoms. The Morgan fingerprint density at radius 2 is 1.89 bits per heavy atom. The summed E-state index contributed by atoms with van der Waals surface area (Å²) in [4.78, 5) is 22.0. The highest BCUT2D eigenvalue weighted by Crippen LogP contribution is 2.50. The Kier molecular flexibility index (Phi) is 6.71. The van der Waals surface area contributed by atoms with Gasteiger partial charge in [0.15, 0.2) is 17.2 Å². The molecule has 0 radical (unpaired) electrons. The summed E-state index contributed by atoms with van der Waals surface area (Å²) in [7, 11) is 0. The number of halogens is 7. The van der Waals surface area contributed by atoms with E-state index in [0.717, 1.165) is 18.3 Å². The van der Waals surface area contributed by atoms with Gasteiger partial charge < -0.3 is 14.3 Å². The van der Waals surface area contributed by atoms with Crippen molar-refractivity contribution in [3.8, 4) is 0 Å². The lowest BCUT2D eigenvalue weighted by molar-refractivity contribution is -0.275. The Balaban J connectivity index is 1.53. The Labute approximate surface area is 209 Å². The number of oxime groups is 1. The van der Waals surface area contributed by atoms with Crippen LogP contribution < -0.4 is 0 Å². The molecule has 2 unspecified atom stereocenters. The molecular weight excluding hydrogens is 540 g/mol. The number of amides is 1. The number of pyridine rings is 1. The highest BCUT2D eigenvalue weighted by atomic mass is 35.5. The lowest BCUT2D eigenvalue weighted by Crippen LogP contribution is -2.60. The van der Waals surface area contributed by atoms with Crippen LogP contribution in [0.1, 0.15) is 23.2 Å². The van der Waals surface area contributed by atoms with E-state index in [9.17, 15) is 26.9 Å². The summed E-state index contributed by atoms with van der Waals surface area (Å²) in [5.74, 6) is -1.72. The third-order valence-electron chi connectivity index (χ3n) is 5.75. The van der Waals surface area contributed by atoms with E-state index in [-0.39, 0.29) is 35.8 Å². The molecule has 2 aliphatic rings. The van der Waals surface area contributed by atoms with Crippen molar-refractivity contribution in [3.63, 3.8) is 0 Å². The van der Waals surface area contributed by atoms with Crippen LogP contribution in [0.5, 0.6) is 0 Å². The number of benzene rings is 1. The number of likely N-dealkylation sites (tertiary alicyclic amines) is 1. The molecule has 188 valence electrons. The molecule has 35 heavy (non-hydrogen) atoms. The van der Waals surface area contributed by atoms with Crippen molar-refractivity contribution in [2.75, 3.05) is 25.1 Å². The van der Waals surface area contributed by atoms with Crippen molar-refractivity contribution in [3.05, 3.63) is 63.1 Å². The fourth-order valence-corrected chi connectivity index (χ4v) is 4.86. The minimum absolute atomic E-state index is 0.0124. The third-order valence-corrected chi connectivity index (χ3v) is 6.96. The van der Waals surface area contributed by atoms with Gasteiger partial charge >= 0.3 is 6.18 Å². The second kappa shape index (κ2) is 9.06. The van der Waals surface area contributed by atoms with E-state index in [4.69, 9.17) is 28.0 Å². The van der Waals surface area contributed by atoms with Crippen LogP contribution in [-0.4, -0.2) is 57.3 Å². The van der Waals surface area contributed by atoms with Gasteiger partial charge in [0.2, 0.25) is 0 Å². The maximum Gasteiger partial charge on any atom is 0.435 e. The summed E-state index contributed by atoms with van der Waals surface area (Å²) < 4.78 is 82.4.